The van der Waals surface area contributed by atoms with Gasteiger partial charge in [0.2, 0.25) is 0 Å². The molecule has 6 aromatic carbocycles. The maximum Gasteiger partial charge on any atom is 0.495 e. The number of hydrogen-bond acceptors (Lipinski definition) is 8. The minimum atomic E-state index is -0.476. The fourth-order valence-corrected chi connectivity index (χ4v) is 8.02. The molecule has 0 unspecified atom stereocenters. The van der Waals surface area contributed by atoms with Crippen molar-refractivity contribution >= 4 is 64.1 Å². The molecule has 2 N–H and O–H groups in total. The smallest absolute Gasteiger partial charge is 0.495 e. The van der Waals surface area contributed by atoms with Crippen LogP contribution in [0.5, 0.6) is 11.5 Å². The standard InChI is InChI=1S/C22H23BO3.C16H11BrO.C12H24B2O4/c1-21(2)22(3,4)26-23(25-21)20-14-13-17(15-9-11-16(24)12-10-15)18-7-5-6-8-19(18)20;17-16-10-9-13(11-5-7-12(18)8-6-11)14-3-1-2-4-15(14)16;1-9(2)10(3,4)16-13(15-9)14-17-11(5,6)12(7,8)18-14/h5-14,24H,1-4H3;1-10,18H;1-8H3. The van der Waals surface area contributed by atoms with E-state index < -0.39 is 21.1 Å². The highest BCUT2D eigenvalue weighted by Gasteiger charge is 2.63. The van der Waals surface area contributed by atoms with E-state index in [0.717, 1.165) is 37.4 Å². The van der Waals surface area contributed by atoms with Gasteiger partial charge >= 0.3 is 21.1 Å². The third kappa shape index (κ3) is 8.98. The van der Waals surface area contributed by atoms with Gasteiger partial charge in [-0.1, -0.05) is 107 Å². The third-order valence-corrected chi connectivity index (χ3v) is 14.1. The van der Waals surface area contributed by atoms with Gasteiger partial charge in [0.15, 0.2) is 0 Å². The third-order valence-electron chi connectivity index (χ3n) is 13.5. The molecule has 0 saturated carbocycles. The van der Waals surface area contributed by atoms with Crippen molar-refractivity contribution in [1.29, 1.82) is 0 Å². The highest BCUT2D eigenvalue weighted by molar-refractivity contribution is 9.10. The zero-order chi connectivity index (χ0) is 45.0. The molecule has 8 nitrogen and oxygen atoms in total. The van der Waals surface area contributed by atoms with Gasteiger partial charge < -0.3 is 38.1 Å². The number of hydrogen-bond donors (Lipinski definition) is 2. The van der Waals surface area contributed by atoms with Crippen LogP contribution < -0.4 is 5.46 Å². The molecule has 62 heavy (non-hydrogen) atoms. The molecule has 3 aliphatic rings. The minimum absolute atomic E-state index is 0.270. The first-order valence-electron chi connectivity index (χ1n) is 21.3. The lowest BCUT2D eigenvalue weighted by molar-refractivity contribution is 0.00578. The molecule has 322 valence electrons. The van der Waals surface area contributed by atoms with Gasteiger partial charge in [0.25, 0.3) is 0 Å². The van der Waals surface area contributed by atoms with Gasteiger partial charge in [0.05, 0.1) is 33.6 Å². The Balaban J connectivity index is 0.000000144. The fraction of sp³-hybridized carbons (Fsp3) is 0.360. The molecule has 6 aromatic rings. The van der Waals surface area contributed by atoms with Crippen LogP contribution >= 0.6 is 15.9 Å². The van der Waals surface area contributed by atoms with E-state index in [4.69, 9.17) is 27.9 Å². The summed E-state index contributed by atoms with van der Waals surface area (Å²) in [6, 6.07) is 39.6. The number of fused-ring (bicyclic) bond motifs is 2. The molecule has 9 rings (SSSR count). The maximum absolute atomic E-state index is 9.57. The number of benzene rings is 6. The topological polar surface area (TPSA) is 95.8 Å². The molecular weight excluding hydrogens is 841 g/mol. The molecule has 0 spiro atoms. The molecule has 3 aliphatic heterocycles. The summed E-state index contributed by atoms with van der Waals surface area (Å²) in [4.78, 5) is 0. The van der Waals surface area contributed by atoms with Gasteiger partial charge in [0, 0.05) is 4.47 Å². The van der Waals surface area contributed by atoms with E-state index in [1.807, 2.05) is 104 Å². The summed E-state index contributed by atoms with van der Waals surface area (Å²) in [7, 11) is -1.34. The van der Waals surface area contributed by atoms with Crippen molar-refractivity contribution in [3.63, 3.8) is 0 Å². The van der Waals surface area contributed by atoms with Gasteiger partial charge in [-0.2, -0.15) is 0 Å². The van der Waals surface area contributed by atoms with E-state index in [1.54, 1.807) is 24.3 Å². The fourth-order valence-electron chi connectivity index (χ4n) is 7.55. The Morgan fingerprint density at radius 3 is 1.10 bits per heavy atom. The second-order valence-corrected chi connectivity index (χ2v) is 20.2. The molecule has 0 atom stereocenters. The number of halogens is 1. The summed E-state index contributed by atoms with van der Waals surface area (Å²) in [5, 5.41) is 23.6. The Kier molecular flexibility index (Phi) is 12.4. The normalized spacial score (nSPS) is 20.1. The van der Waals surface area contributed by atoms with Crippen LogP contribution in [0.25, 0.3) is 43.8 Å². The zero-order valence-corrected chi connectivity index (χ0v) is 39.6. The van der Waals surface area contributed by atoms with Gasteiger partial charge in [0.1, 0.15) is 11.5 Å². The first-order chi connectivity index (χ1) is 28.9. The van der Waals surface area contributed by atoms with Crippen molar-refractivity contribution in [2.24, 2.45) is 0 Å². The average Bonchev–Trinajstić information content (AvgIpc) is 3.68. The van der Waals surface area contributed by atoms with E-state index in [9.17, 15) is 10.2 Å². The van der Waals surface area contributed by atoms with Crippen molar-refractivity contribution in [3.05, 3.63) is 126 Å². The molecule has 0 radical (unpaired) electrons. The number of rotatable bonds is 4. The van der Waals surface area contributed by atoms with Gasteiger partial charge in [-0.3, -0.25) is 0 Å². The van der Waals surface area contributed by atoms with E-state index in [-0.39, 0.29) is 39.4 Å². The van der Waals surface area contributed by atoms with E-state index in [2.05, 4.69) is 92.2 Å². The largest absolute Gasteiger partial charge is 0.508 e. The Morgan fingerprint density at radius 1 is 0.371 bits per heavy atom. The van der Waals surface area contributed by atoms with Crippen molar-refractivity contribution in [2.45, 2.75) is 117 Å². The number of phenols is 2. The molecule has 0 amide bonds. The molecule has 3 fully saturated rings. The van der Waals surface area contributed by atoms with E-state index >= 15 is 0 Å². The van der Waals surface area contributed by atoms with Crippen LogP contribution in [0.1, 0.15) is 83.1 Å². The summed E-state index contributed by atoms with van der Waals surface area (Å²) in [5.74, 6) is 0.562. The van der Waals surface area contributed by atoms with Crippen LogP contribution in [-0.4, -0.2) is 65.0 Å². The van der Waals surface area contributed by atoms with Crippen molar-refractivity contribution < 1.29 is 38.1 Å². The molecule has 0 aliphatic carbocycles. The summed E-state index contributed by atoms with van der Waals surface area (Å²) in [5.41, 5.74) is 3.35. The van der Waals surface area contributed by atoms with Crippen molar-refractivity contribution in [1.82, 2.24) is 0 Å². The average molecular weight is 899 g/mol. The predicted octanol–water partition coefficient (Wildman–Crippen LogP) is 11.7. The molecule has 3 heterocycles. The van der Waals surface area contributed by atoms with Crippen molar-refractivity contribution in [2.75, 3.05) is 0 Å². The Hall–Kier alpha value is -4.13. The van der Waals surface area contributed by atoms with Crippen LogP contribution in [-0.2, 0) is 27.9 Å². The minimum Gasteiger partial charge on any atom is -0.508 e. The lowest BCUT2D eigenvalue weighted by Gasteiger charge is -2.32. The summed E-state index contributed by atoms with van der Waals surface area (Å²) >= 11 is 3.58. The maximum atomic E-state index is 9.57. The lowest BCUT2D eigenvalue weighted by Crippen LogP contribution is -2.41. The van der Waals surface area contributed by atoms with Crippen LogP contribution in [0.4, 0.5) is 0 Å². The van der Waals surface area contributed by atoms with Crippen LogP contribution in [0.3, 0.4) is 0 Å². The summed E-state index contributed by atoms with van der Waals surface area (Å²) < 4.78 is 37.5. The van der Waals surface area contributed by atoms with Crippen LogP contribution in [0.15, 0.2) is 126 Å². The monoisotopic (exact) mass is 898 g/mol. The second-order valence-electron chi connectivity index (χ2n) is 19.3. The summed E-state index contributed by atoms with van der Waals surface area (Å²) in [6.07, 6.45) is 0. The highest BCUT2D eigenvalue weighted by atomic mass is 79.9. The highest BCUT2D eigenvalue weighted by Crippen LogP contribution is 2.43. The molecule has 3 saturated heterocycles. The zero-order valence-electron chi connectivity index (χ0n) is 38.0. The number of phenolic OH excluding ortho intramolecular Hbond substituents is 2. The van der Waals surface area contributed by atoms with Gasteiger partial charge in [-0.05, 0) is 163 Å². The van der Waals surface area contributed by atoms with Gasteiger partial charge in [-0.15, -0.1) is 0 Å². The molecule has 0 bridgehead atoms. The second kappa shape index (κ2) is 16.8. The van der Waals surface area contributed by atoms with Crippen LogP contribution in [0.2, 0.25) is 0 Å². The first-order valence-corrected chi connectivity index (χ1v) is 22.1. The Bertz CT molecular complexity index is 2470. The predicted molar refractivity (Wildman–Crippen MR) is 258 cm³/mol. The first kappa shape index (κ1) is 45.9. The molecule has 0 aromatic heterocycles. The van der Waals surface area contributed by atoms with Crippen LogP contribution in [0, 0.1) is 0 Å². The SMILES string of the molecule is CC1(C)OB(B2OC(C)(C)C(C)(C)O2)OC1(C)C.CC1(C)OB(c2ccc(-c3ccc(O)cc3)c3ccccc23)OC1(C)C.Oc1ccc(-c2ccc(Br)c3ccccc23)cc1. The van der Waals surface area contributed by atoms with Gasteiger partial charge in [-0.25, -0.2) is 0 Å². The molecule has 12 heteroatoms. The number of aromatic hydroxyl groups is 2. The van der Waals surface area contributed by atoms with E-state index in [0.29, 0.717) is 5.75 Å². The Labute approximate surface area is 376 Å². The van der Waals surface area contributed by atoms with Crippen molar-refractivity contribution in [3.8, 4) is 33.8 Å². The molecular formula is C50H58B3BrO8. The Morgan fingerprint density at radius 2 is 0.694 bits per heavy atom. The quantitative estimate of drug-likeness (QED) is 0.169. The van der Waals surface area contributed by atoms with E-state index in [1.165, 1.54) is 16.3 Å². The summed E-state index contributed by atoms with van der Waals surface area (Å²) in [6.45, 7) is 24.5. The lowest BCUT2D eigenvalue weighted by atomic mass is 9.49.